The van der Waals surface area contributed by atoms with E-state index in [0.29, 0.717) is 34.4 Å². The Kier molecular flexibility index (Phi) is 5.34. The summed E-state index contributed by atoms with van der Waals surface area (Å²) in [5.41, 5.74) is 3.71. The third-order valence-corrected chi connectivity index (χ3v) is 4.80. The molecule has 0 radical (unpaired) electrons. The first-order valence-corrected chi connectivity index (χ1v) is 10.3. The number of pyridine rings is 1. The summed E-state index contributed by atoms with van der Waals surface area (Å²) in [7, 11) is 0. The number of nitrogens with one attached hydrogen (secondary N) is 3. The van der Waals surface area contributed by atoms with Crippen molar-refractivity contribution in [1.82, 2.24) is 24.5 Å². The molecule has 3 aromatic heterocycles. The Morgan fingerprint density at radius 3 is 2.30 bits per heavy atom. The van der Waals surface area contributed by atoms with Crippen LogP contribution in [0.2, 0.25) is 0 Å². The highest BCUT2D eigenvalue weighted by atomic mass is 16.1. The highest BCUT2D eigenvalue weighted by Gasteiger charge is 2.15. The lowest BCUT2D eigenvalue weighted by molar-refractivity contribution is -0.114. The second kappa shape index (κ2) is 8.75. The average Bonchev–Trinajstić information content (AvgIpc) is 3.26. The lowest BCUT2D eigenvalue weighted by atomic mass is 10.2. The van der Waals surface area contributed by atoms with Gasteiger partial charge in [0.25, 0.3) is 0 Å². The van der Waals surface area contributed by atoms with Gasteiger partial charge in [0.15, 0.2) is 17.0 Å². The summed E-state index contributed by atoms with van der Waals surface area (Å²) in [4.78, 5) is 29.5. The molecule has 2 aromatic carbocycles. The fraction of sp³-hybridized carbons (Fsp3) is 0.0417. The Hall–Kier alpha value is -4.79. The zero-order valence-electron chi connectivity index (χ0n) is 17.7. The van der Waals surface area contributed by atoms with Crippen molar-refractivity contribution >= 4 is 46.0 Å². The fourth-order valence-corrected chi connectivity index (χ4v) is 3.35. The van der Waals surface area contributed by atoms with Gasteiger partial charge in [-0.1, -0.05) is 24.3 Å². The number of nitrogens with zero attached hydrogens (tertiary/aromatic N) is 5. The lowest BCUT2D eigenvalue weighted by Crippen LogP contribution is -2.06. The Morgan fingerprint density at radius 1 is 0.818 bits per heavy atom. The van der Waals surface area contributed by atoms with Crippen LogP contribution in [0.3, 0.4) is 0 Å². The van der Waals surface area contributed by atoms with Gasteiger partial charge in [0.1, 0.15) is 12.1 Å². The maximum Gasteiger partial charge on any atom is 0.232 e. The Labute approximate surface area is 189 Å². The molecule has 1 amide bonds. The molecule has 0 aliphatic rings. The van der Waals surface area contributed by atoms with Gasteiger partial charge < -0.3 is 16.0 Å². The minimum Gasteiger partial charge on any atom is -0.338 e. The summed E-state index contributed by atoms with van der Waals surface area (Å²) in [6.45, 7) is 1.48. The SMILES string of the molecule is CC(=O)Nc1ccc(Nc2nc(Nc3ccccn3)nc3c2ncn3-c2ccccc2)cc1. The topological polar surface area (TPSA) is 110 Å². The van der Waals surface area contributed by atoms with Crippen molar-refractivity contribution in [2.45, 2.75) is 6.92 Å². The van der Waals surface area contributed by atoms with Crippen LogP contribution in [0.5, 0.6) is 0 Å². The van der Waals surface area contributed by atoms with E-state index in [9.17, 15) is 4.79 Å². The number of hydrogen-bond donors (Lipinski definition) is 3. The van der Waals surface area contributed by atoms with Gasteiger partial charge in [0.2, 0.25) is 11.9 Å². The van der Waals surface area contributed by atoms with Crippen molar-refractivity contribution in [3.05, 3.63) is 85.3 Å². The number of benzene rings is 2. The largest absolute Gasteiger partial charge is 0.338 e. The molecule has 5 aromatic rings. The molecule has 0 unspecified atom stereocenters. The van der Waals surface area contributed by atoms with Gasteiger partial charge in [-0.2, -0.15) is 9.97 Å². The number of aromatic nitrogens is 5. The van der Waals surface area contributed by atoms with Gasteiger partial charge in [0.05, 0.1) is 0 Å². The number of amides is 1. The van der Waals surface area contributed by atoms with Crippen molar-refractivity contribution < 1.29 is 4.79 Å². The van der Waals surface area contributed by atoms with Crippen LogP contribution in [-0.2, 0) is 4.79 Å². The summed E-state index contributed by atoms with van der Waals surface area (Å²) in [5.74, 6) is 1.44. The summed E-state index contributed by atoms with van der Waals surface area (Å²) < 4.78 is 1.91. The third kappa shape index (κ3) is 4.47. The van der Waals surface area contributed by atoms with Crippen molar-refractivity contribution in [2.24, 2.45) is 0 Å². The normalized spacial score (nSPS) is 10.7. The van der Waals surface area contributed by atoms with E-state index in [-0.39, 0.29) is 5.91 Å². The molecule has 33 heavy (non-hydrogen) atoms. The molecule has 0 spiro atoms. The Morgan fingerprint density at radius 2 is 1.58 bits per heavy atom. The summed E-state index contributed by atoms with van der Waals surface area (Å²) >= 11 is 0. The number of carbonyl (C=O) groups is 1. The van der Waals surface area contributed by atoms with Gasteiger partial charge in [-0.3, -0.25) is 9.36 Å². The standard InChI is InChI=1S/C24H20N8O/c1-16(33)27-17-10-12-18(13-11-17)28-22-21-23(32(15-26-21)19-7-3-2-4-8-19)31-24(30-22)29-20-9-5-6-14-25-20/h2-15H,1H3,(H,27,33)(H2,25,28,29,30,31). The zero-order valence-corrected chi connectivity index (χ0v) is 17.7. The van der Waals surface area contributed by atoms with Crippen molar-refractivity contribution in [2.75, 3.05) is 16.0 Å². The van der Waals surface area contributed by atoms with Crippen LogP contribution in [0.15, 0.2) is 85.3 Å². The summed E-state index contributed by atoms with van der Waals surface area (Å²) in [6.07, 6.45) is 3.43. The maximum atomic E-state index is 11.3. The quantitative estimate of drug-likeness (QED) is 0.355. The minimum atomic E-state index is -0.120. The van der Waals surface area contributed by atoms with Gasteiger partial charge in [-0.15, -0.1) is 0 Å². The summed E-state index contributed by atoms with van der Waals surface area (Å²) in [5, 5.41) is 9.24. The highest BCUT2D eigenvalue weighted by molar-refractivity contribution is 5.90. The molecule has 3 N–H and O–H groups in total. The predicted molar refractivity (Wildman–Crippen MR) is 128 cm³/mol. The first kappa shape index (κ1) is 20.1. The number of hydrogen-bond acceptors (Lipinski definition) is 7. The molecule has 0 fully saturated rings. The number of rotatable bonds is 6. The fourth-order valence-electron chi connectivity index (χ4n) is 3.35. The van der Waals surface area contributed by atoms with E-state index in [1.165, 1.54) is 6.92 Å². The van der Waals surface area contributed by atoms with Crippen LogP contribution in [0, 0.1) is 0 Å². The number of anilines is 5. The number of fused-ring (bicyclic) bond motifs is 1. The molecule has 0 saturated heterocycles. The second-order valence-electron chi connectivity index (χ2n) is 7.24. The smallest absolute Gasteiger partial charge is 0.232 e. The monoisotopic (exact) mass is 436 g/mol. The van der Waals surface area contributed by atoms with Crippen LogP contribution in [0.4, 0.5) is 29.0 Å². The number of imidazole rings is 1. The van der Waals surface area contributed by atoms with Crippen molar-refractivity contribution in [3.63, 3.8) is 0 Å². The minimum absolute atomic E-state index is 0.120. The Balaban J connectivity index is 1.56. The molecule has 9 heteroatoms. The van der Waals surface area contributed by atoms with Gasteiger partial charge in [-0.05, 0) is 48.5 Å². The molecular weight excluding hydrogens is 416 g/mol. The maximum absolute atomic E-state index is 11.3. The van der Waals surface area contributed by atoms with E-state index in [2.05, 4.69) is 30.9 Å². The lowest BCUT2D eigenvalue weighted by Gasteiger charge is -2.11. The van der Waals surface area contributed by atoms with Gasteiger partial charge in [-0.25, -0.2) is 9.97 Å². The van der Waals surface area contributed by atoms with E-state index in [1.54, 1.807) is 12.5 Å². The Bertz CT molecular complexity index is 1400. The van der Waals surface area contributed by atoms with E-state index in [4.69, 9.17) is 4.98 Å². The van der Waals surface area contributed by atoms with Crippen molar-refractivity contribution in [3.8, 4) is 5.69 Å². The highest BCUT2D eigenvalue weighted by Crippen LogP contribution is 2.27. The van der Waals surface area contributed by atoms with E-state index in [1.807, 2.05) is 77.4 Å². The van der Waals surface area contributed by atoms with Crippen molar-refractivity contribution in [1.29, 1.82) is 0 Å². The zero-order chi connectivity index (χ0) is 22.6. The molecule has 0 atom stereocenters. The van der Waals surface area contributed by atoms with Crippen LogP contribution in [0.1, 0.15) is 6.92 Å². The molecule has 162 valence electrons. The molecule has 0 bridgehead atoms. The number of carbonyl (C=O) groups excluding carboxylic acids is 1. The second-order valence-corrected chi connectivity index (χ2v) is 7.24. The molecule has 3 heterocycles. The van der Waals surface area contributed by atoms with Crippen LogP contribution in [0.25, 0.3) is 16.9 Å². The molecule has 5 rings (SSSR count). The van der Waals surface area contributed by atoms with Gasteiger partial charge >= 0.3 is 0 Å². The van der Waals surface area contributed by atoms with E-state index in [0.717, 1.165) is 11.4 Å². The van der Waals surface area contributed by atoms with E-state index >= 15 is 0 Å². The number of para-hydroxylation sites is 1. The molecular formula is C24H20N8O. The molecule has 0 aliphatic heterocycles. The van der Waals surface area contributed by atoms with Crippen LogP contribution in [-0.4, -0.2) is 30.4 Å². The first-order chi connectivity index (χ1) is 16.2. The predicted octanol–water partition coefficient (Wildman–Crippen LogP) is 4.66. The van der Waals surface area contributed by atoms with Crippen LogP contribution >= 0.6 is 0 Å². The summed E-state index contributed by atoms with van der Waals surface area (Å²) in [6, 6.07) is 22.8. The van der Waals surface area contributed by atoms with Gasteiger partial charge in [0, 0.05) is 30.2 Å². The third-order valence-electron chi connectivity index (χ3n) is 4.80. The van der Waals surface area contributed by atoms with Crippen LogP contribution < -0.4 is 16.0 Å². The van der Waals surface area contributed by atoms with E-state index < -0.39 is 0 Å². The average molecular weight is 436 g/mol. The molecule has 0 aliphatic carbocycles. The molecule has 9 nitrogen and oxygen atoms in total. The molecule has 0 saturated carbocycles. The first-order valence-electron chi connectivity index (χ1n) is 10.3.